The molecule has 0 aromatic heterocycles. The highest BCUT2D eigenvalue weighted by Crippen LogP contribution is 2.30. The number of nitrogens with one attached hydrogen (secondary N) is 1. The van der Waals surface area contributed by atoms with E-state index in [1.54, 1.807) is 0 Å². The van der Waals surface area contributed by atoms with Crippen molar-refractivity contribution >= 4 is 0 Å². The van der Waals surface area contributed by atoms with Crippen molar-refractivity contribution in [2.75, 3.05) is 6.54 Å². The summed E-state index contributed by atoms with van der Waals surface area (Å²) in [5, 5.41) is 13.9. The smallest absolute Gasteiger partial charge is 0.0914 e. The fourth-order valence-corrected chi connectivity index (χ4v) is 3.55. The number of β-amino-alcohol motifs (C(OH)–C–C–N with tert-alkyl or cyclic N) is 1. The van der Waals surface area contributed by atoms with Crippen molar-refractivity contribution in [2.45, 2.75) is 70.9 Å². The highest BCUT2D eigenvalue weighted by molar-refractivity contribution is 5.24. The van der Waals surface area contributed by atoms with Gasteiger partial charge in [-0.15, -0.1) is 0 Å². The lowest BCUT2D eigenvalue weighted by molar-refractivity contribution is 0.151. The van der Waals surface area contributed by atoms with Gasteiger partial charge in [0.15, 0.2) is 0 Å². The molecular formula is C19H31NO. The molecule has 1 aliphatic carbocycles. The molecule has 0 saturated heterocycles. The van der Waals surface area contributed by atoms with Gasteiger partial charge in [0.2, 0.25) is 0 Å². The Balaban J connectivity index is 1.82. The van der Waals surface area contributed by atoms with Crippen LogP contribution in [0, 0.1) is 12.8 Å². The lowest BCUT2D eigenvalue weighted by Gasteiger charge is -2.33. The van der Waals surface area contributed by atoms with E-state index in [-0.39, 0.29) is 5.54 Å². The molecule has 2 N–H and O–H groups in total. The molecule has 1 saturated carbocycles. The SMILES string of the molecule is Cc1cccc(C(O)CNC(C)(C)CC2CCCCC2)c1. The number of benzene rings is 1. The number of hydrogen-bond donors (Lipinski definition) is 2. The van der Waals surface area contributed by atoms with Gasteiger partial charge < -0.3 is 10.4 Å². The molecule has 1 fully saturated rings. The maximum Gasteiger partial charge on any atom is 0.0914 e. The molecule has 2 rings (SSSR count). The second kappa shape index (κ2) is 7.42. The number of rotatable bonds is 6. The van der Waals surface area contributed by atoms with Gasteiger partial charge >= 0.3 is 0 Å². The van der Waals surface area contributed by atoms with Crippen LogP contribution < -0.4 is 5.32 Å². The Bertz CT molecular complexity index is 435. The van der Waals surface area contributed by atoms with Gasteiger partial charge in [-0.25, -0.2) is 0 Å². The van der Waals surface area contributed by atoms with E-state index >= 15 is 0 Å². The van der Waals surface area contributed by atoms with Crippen molar-refractivity contribution in [3.63, 3.8) is 0 Å². The summed E-state index contributed by atoms with van der Waals surface area (Å²) in [6.45, 7) is 7.23. The van der Waals surface area contributed by atoms with Crippen LogP contribution in [0.2, 0.25) is 0 Å². The largest absolute Gasteiger partial charge is 0.387 e. The van der Waals surface area contributed by atoms with Crippen LogP contribution in [-0.2, 0) is 0 Å². The van der Waals surface area contributed by atoms with E-state index in [0.717, 1.165) is 11.5 Å². The fourth-order valence-electron chi connectivity index (χ4n) is 3.55. The van der Waals surface area contributed by atoms with Gasteiger partial charge in [-0.3, -0.25) is 0 Å². The predicted molar refractivity (Wildman–Crippen MR) is 89.4 cm³/mol. The third-order valence-electron chi connectivity index (χ3n) is 4.72. The molecule has 0 spiro atoms. The van der Waals surface area contributed by atoms with Gasteiger partial charge in [-0.05, 0) is 38.7 Å². The molecule has 2 nitrogen and oxygen atoms in total. The molecule has 0 aliphatic heterocycles. The molecule has 0 bridgehead atoms. The van der Waals surface area contributed by atoms with Gasteiger partial charge in [-0.2, -0.15) is 0 Å². The van der Waals surface area contributed by atoms with Crippen LogP contribution in [0.4, 0.5) is 0 Å². The van der Waals surface area contributed by atoms with E-state index in [4.69, 9.17) is 0 Å². The molecule has 1 aromatic carbocycles. The first-order valence-corrected chi connectivity index (χ1v) is 8.46. The van der Waals surface area contributed by atoms with E-state index in [2.05, 4.69) is 38.2 Å². The quantitative estimate of drug-likeness (QED) is 0.815. The molecule has 0 heterocycles. The normalized spacial score (nSPS) is 18.7. The second-order valence-electron chi connectivity index (χ2n) is 7.40. The summed E-state index contributed by atoms with van der Waals surface area (Å²) >= 11 is 0. The summed E-state index contributed by atoms with van der Waals surface area (Å²) < 4.78 is 0. The maximum atomic E-state index is 10.4. The Morgan fingerprint density at radius 3 is 2.62 bits per heavy atom. The monoisotopic (exact) mass is 289 g/mol. The van der Waals surface area contributed by atoms with Crippen LogP contribution in [0.25, 0.3) is 0 Å². The minimum absolute atomic E-state index is 0.104. The van der Waals surface area contributed by atoms with Crippen LogP contribution in [0.15, 0.2) is 24.3 Å². The fraction of sp³-hybridized carbons (Fsp3) is 0.684. The molecule has 1 aromatic rings. The van der Waals surface area contributed by atoms with Crippen molar-refractivity contribution in [1.29, 1.82) is 0 Å². The molecule has 1 aliphatic rings. The predicted octanol–water partition coefficient (Wildman–Crippen LogP) is 4.37. The number of aryl methyl sites for hydroxylation is 1. The summed E-state index contributed by atoms with van der Waals surface area (Å²) in [5.74, 6) is 0.859. The summed E-state index contributed by atoms with van der Waals surface area (Å²) in [4.78, 5) is 0. The second-order valence-corrected chi connectivity index (χ2v) is 7.40. The standard InChI is InChI=1S/C19H31NO/c1-15-8-7-11-17(12-15)18(21)14-20-19(2,3)13-16-9-5-4-6-10-16/h7-8,11-12,16,18,20-21H,4-6,9-10,13-14H2,1-3H3. The van der Waals surface area contributed by atoms with Gasteiger partial charge in [0.1, 0.15) is 0 Å². The zero-order valence-electron chi connectivity index (χ0n) is 13.9. The molecular weight excluding hydrogens is 258 g/mol. The summed E-state index contributed by atoms with van der Waals surface area (Å²) in [6.07, 6.45) is 7.76. The first-order valence-electron chi connectivity index (χ1n) is 8.46. The first-order chi connectivity index (χ1) is 9.96. The van der Waals surface area contributed by atoms with Crippen molar-refractivity contribution in [1.82, 2.24) is 5.32 Å². The average molecular weight is 289 g/mol. The van der Waals surface area contributed by atoms with E-state index in [9.17, 15) is 5.11 Å². The summed E-state index contributed by atoms with van der Waals surface area (Å²) in [6, 6.07) is 8.16. The lowest BCUT2D eigenvalue weighted by Crippen LogP contribution is -2.43. The molecule has 0 amide bonds. The van der Waals surface area contributed by atoms with Crippen molar-refractivity contribution < 1.29 is 5.11 Å². The Morgan fingerprint density at radius 2 is 1.95 bits per heavy atom. The van der Waals surface area contributed by atoms with Gasteiger partial charge in [-0.1, -0.05) is 61.9 Å². The highest BCUT2D eigenvalue weighted by atomic mass is 16.3. The summed E-state index contributed by atoms with van der Waals surface area (Å²) in [7, 11) is 0. The average Bonchev–Trinajstić information content (AvgIpc) is 2.45. The Hall–Kier alpha value is -0.860. The molecule has 2 heteroatoms. The Labute approximate surface area is 130 Å². The van der Waals surface area contributed by atoms with Gasteiger partial charge in [0, 0.05) is 12.1 Å². The third-order valence-corrected chi connectivity index (χ3v) is 4.72. The zero-order valence-corrected chi connectivity index (χ0v) is 13.9. The lowest BCUT2D eigenvalue weighted by atomic mass is 9.81. The van der Waals surface area contributed by atoms with Crippen LogP contribution in [0.3, 0.4) is 0 Å². The minimum Gasteiger partial charge on any atom is -0.387 e. The van der Waals surface area contributed by atoms with E-state index in [1.807, 2.05) is 12.1 Å². The minimum atomic E-state index is -0.421. The Morgan fingerprint density at radius 1 is 1.24 bits per heavy atom. The van der Waals surface area contributed by atoms with E-state index in [0.29, 0.717) is 6.54 Å². The van der Waals surface area contributed by atoms with Gasteiger partial charge in [0.05, 0.1) is 6.10 Å². The molecule has 21 heavy (non-hydrogen) atoms. The highest BCUT2D eigenvalue weighted by Gasteiger charge is 2.25. The van der Waals surface area contributed by atoms with Crippen LogP contribution in [0.5, 0.6) is 0 Å². The van der Waals surface area contributed by atoms with E-state index < -0.39 is 6.10 Å². The van der Waals surface area contributed by atoms with Gasteiger partial charge in [0.25, 0.3) is 0 Å². The maximum absolute atomic E-state index is 10.4. The molecule has 118 valence electrons. The van der Waals surface area contributed by atoms with E-state index in [1.165, 1.54) is 44.1 Å². The van der Waals surface area contributed by atoms with Crippen molar-refractivity contribution in [3.05, 3.63) is 35.4 Å². The van der Waals surface area contributed by atoms with Crippen LogP contribution in [-0.4, -0.2) is 17.2 Å². The molecule has 1 unspecified atom stereocenters. The Kier molecular flexibility index (Phi) is 5.83. The number of aliphatic hydroxyl groups is 1. The number of hydrogen-bond acceptors (Lipinski definition) is 2. The van der Waals surface area contributed by atoms with Crippen LogP contribution in [0.1, 0.15) is 69.6 Å². The van der Waals surface area contributed by atoms with Crippen molar-refractivity contribution in [3.8, 4) is 0 Å². The summed E-state index contributed by atoms with van der Waals surface area (Å²) in [5.41, 5.74) is 2.32. The molecule has 1 atom stereocenters. The topological polar surface area (TPSA) is 32.3 Å². The third kappa shape index (κ3) is 5.44. The van der Waals surface area contributed by atoms with Crippen LogP contribution >= 0.6 is 0 Å². The van der Waals surface area contributed by atoms with Crippen molar-refractivity contribution in [2.24, 2.45) is 5.92 Å². The first kappa shape index (κ1) is 16.5. The number of aliphatic hydroxyl groups excluding tert-OH is 1. The zero-order chi connectivity index (χ0) is 15.3. The molecule has 0 radical (unpaired) electrons.